The van der Waals surface area contributed by atoms with E-state index in [0.717, 1.165) is 60.3 Å². The number of benzene rings is 1. The van der Waals surface area contributed by atoms with Gasteiger partial charge in [0.2, 0.25) is 5.91 Å². The number of imidazole rings is 1. The van der Waals surface area contributed by atoms with Crippen molar-refractivity contribution in [1.82, 2.24) is 14.9 Å². The van der Waals surface area contributed by atoms with Crippen molar-refractivity contribution in [2.45, 2.75) is 51.0 Å². The zero-order valence-electron chi connectivity index (χ0n) is 22.6. The summed E-state index contributed by atoms with van der Waals surface area (Å²) < 4.78 is 7.46. The number of hydrogen-bond acceptors (Lipinski definition) is 7. The summed E-state index contributed by atoms with van der Waals surface area (Å²) in [4.78, 5) is 46.8. The number of ether oxygens (including phenoxy) is 1. The lowest BCUT2D eigenvalue weighted by Crippen LogP contribution is -2.28. The molecule has 1 aliphatic heterocycles. The first kappa shape index (κ1) is 25.1. The van der Waals surface area contributed by atoms with Gasteiger partial charge in [-0.15, -0.1) is 11.3 Å². The van der Waals surface area contributed by atoms with Crippen LogP contribution in [0.4, 0.5) is 22.2 Å². The minimum absolute atomic E-state index is 0.00671. The van der Waals surface area contributed by atoms with Crippen molar-refractivity contribution in [3.63, 3.8) is 0 Å². The van der Waals surface area contributed by atoms with Gasteiger partial charge in [0.05, 0.1) is 30.4 Å². The molecule has 10 nitrogen and oxygen atoms in total. The molecule has 0 saturated heterocycles. The van der Waals surface area contributed by atoms with Gasteiger partial charge in [-0.3, -0.25) is 14.4 Å². The first-order valence-corrected chi connectivity index (χ1v) is 14.8. The molecule has 0 spiro atoms. The third-order valence-corrected chi connectivity index (χ3v) is 9.61. The lowest BCUT2D eigenvalue weighted by molar-refractivity contribution is -0.117. The Morgan fingerprint density at radius 2 is 2.02 bits per heavy atom. The van der Waals surface area contributed by atoms with Crippen LogP contribution in [0.15, 0.2) is 24.5 Å². The maximum atomic E-state index is 13.5. The number of aromatic nitrogens is 2. The van der Waals surface area contributed by atoms with E-state index in [1.807, 2.05) is 22.8 Å². The van der Waals surface area contributed by atoms with Crippen LogP contribution in [0.25, 0.3) is 0 Å². The van der Waals surface area contributed by atoms with Crippen LogP contribution in [0.2, 0.25) is 0 Å². The predicted octanol–water partition coefficient (Wildman–Crippen LogP) is 4.51. The highest BCUT2D eigenvalue weighted by molar-refractivity contribution is 7.17. The summed E-state index contributed by atoms with van der Waals surface area (Å²) in [5.74, 6) is 1.63. The van der Waals surface area contributed by atoms with Gasteiger partial charge in [0.25, 0.3) is 11.8 Å². The third kappa shape index (κ3) is 4.42. The van der Waals surface area contributed by atoms with E-state index in [4.69, 9.17) is 4.74 Å². The van der Waals surface area contributed by atoms with Crippen molar-refractivity contribution in [2.24, 2.45) is 11.8 Å². The molecule has 2 saturated carbocycles. The molecular weight excluding hydrogens is 528 g/mol. The molecule has 11 heteroatoms. The van der Waals surface area contributed by atoms with Gasteiger partial charge in [-0.05, 0) is 68.6 Å². The Bertz CT molecular complexity index is 1540. The maximum Gasteiger partial charge on any atom is 0.280 e. The maximum absolute atomic E-state index is 13.5. The molecule has 1 atom stereocenters. The number of carbonyl (C=O) groups is 3. The van der Waals surface area contributed by atoms with E-state index >= 15 is 0 Å². The van der Waals surface area contributed by atoms with E-state index in [1.165, 1.54) is 11.3 Å². The molecule has 2 aromatic heterocycles. The van der Waals surface area contributed by atoms with Crippen LogP contribution >= 0.6 is 11.3 Å². The Morgan fingerprint density at radius 3 is 2.77 bits per heavy atom. The molecule has 3 aliphatic carbocycles. The quantitative estimate of drug-likeness (QED) is 0.392. The lowest BCUT2D eigenvalue weighted by atomic mass is 9.91. The highest BCUT2D eigenvalue weighted by Gasteiger charge is 2.36. The number of fused-ring (bicyclic) bond motifs is 3. The molecule has 7 rings (SSSR count). The Balaban J connectivity index is 1.22. The fourth-order valence-electron chi connectivity index (χ4n) is 5.69. The summed E-state index contributed by atoms with van der Waals surface area (Å²) >= 11 is 1.53. The van der Waals surface area contributed by atoms with Crippen molar-refractivity contribution < 1.29 is 19.1 Å². The normalized spacial score (nSPS) is 19.6. The average molecular weight is 561 g/mol. The Labute approximate surface area is 236 Å². The van der Waals surface area contributed by atoms with Crippen LogP contribution in [-0.2, 0) is 17.6 Å². The van der Waals surface area contributed by atoms with Crippen LogP contribution < -0.4 is 25.6 Å². The topological polar surface area (TPSA) is 118 Å². The number of nitrogens with one attached hydrogen (secondary N) is 3. The standard InChI is InChI=1S/C29H32N6O4S/c1-34-21-9-8-18(39-2)12-20(21)32-25-24(29(34)38)31-14-35(25)17-7-10-22-19(11-17)23(27(37)30-13-15-3-4-15)28(40-22)33-26(36)16-5-6-16/h8-9,12,14-17,32H,3-7,10-11,13H2,1-2H3,(H,30,37)(H,33,36)/t17-/m0/s1. The average Bonchev–Trinajstić information content (AvgIpc) is 3.89. The zero-order chi connectivity index (χ0) is 27.5. The second kappa shape index (κ2) is 9.65. The molecule has 0 bridgehead atoms. The Kier molecular flexibility index (Phi) is 6.06. The summed E-state index contributed by atoms with van der Waals surface area (Å²) in [6.45, 7) is 0.667. The molecule has 0 radical (unpaired) electrons. The van der Waals surface area contributed by atoms with Gasteiger partial charge < -0.3 is 30.2 Å². The summed E-state index contributed by atoms with van der Waals surface area (Å²) in [6, 6.07) is 5.55. The van der Waals surface area contributed by atoms with Gasteiger partial charge in [0.1, 0.15) is 16.6 Å². The second-order valence-corrected chi connectivity index (χ2v) is 12.3. The first-order valence-electron chi connectivity index (χ1n) is 13.9. The number of carbonyl (C=O) groups excluding carboxylic acids is 3. The molecule has 4 aliphatic rings. The van der Waals surface area contributed by atoms with E-state index in [0.29, 0.717) is 46.7 Å². The molecule has 3 aromatic rings. The highest BCUT2D eigenvalue weighted by atomic mass is 32.1. The second-order valence-electron chi connectivity index (χ2n) is 11.2. The highest BCUT2D eigenvalue weighted by Crippen LogP contribution is 2.44. The summed E-state index contributed by atoms with van der Waals surface area (Å²) in [5, 5.41) is 10.3. The number of thiophene rings is 1. The van der Waals surface area contributed by atoms with Gasteiger partial charge in [-0.1, -0.05) is 0 Å². The van der Waals surface area contributed by atoms with Crippen LogP contribution in [0.5, 0.6) is 5.75 Å². The van der Waals surface area contributed by atoms with Gasteiger partial charge in [0, 0.05) is 36.5 Å². The smallest absolute Gasteiger partial charge is 0.280 e. The van der Waals surface area contributed by atoms with Gasteiger partial charge in [-0.25, -0.2) is 4.98 Å². The van der Waals surface area contributed by atoms with Crippen LogP contribution in [-0.4, -0.2) is 48.0 Å². The molecule has 0 unspecified atom stereocenters. The molecule has 2 fully saturated rings. The number of rotatable bonds is 7. The van der Waals surface area contributed by atoms with Crippen molar-refractivity contribution in [3.05, 3.63) is 46.2 Å². The predicted molar refractivity (Wildman–Crippen MR) is 153 cm³/mol. The Morgan fingerprint density at radius 1 is 1.20 bits per heavy atom. The molecule has 3 N–H and O–H groups in total. The molecule has 208 valence electrons. The summed E-state index contributed by atoms with van der Waals surface area (Å²) in [6.07, 6.45) is 8.04. The van der Waals surface area contributed by atoms with E-state index in [-0.39, 0.29) is 29.7 Å². The number of anilines is 4. The van der Waals surface area contributed by atoms with E-state index in [9.17, 15) is 14.4 Å². The number of amides is 3. The minimum atomic E-state index is -0.192. The Hall–Kier alpha value is -3.86. The third-order valence-electron chi connectivity index (χ3n) is 8.41. The van der Waals surface area contributed by atoms with Gasteiger partial charge >= 0.3 is 0 Å². The number of nitrogens with zero attached hydrogens (tertiary/aromatic N) is 3. The molecule has 1 aromatic carbocycles. The number of aryl methyl sites for hydroxylation is 1. The first-order chi connectivity index (χ1) is 19.4. The van der Waals surface area contributed by atoms with Gasteiger partial charge in [-0.2, -0.15) is 0 Å². The van der Waals surface area contributed by atoms with Crippen molar-refractivity contribution in [1.29, 1.82) is 0 Å². The number of hydrogen-bond donors (Lipinski definition) is 3. The monoisotopic (exact) mass is 560 g/mol. The molecule has 3 heterocycles. The van der Waals surface area contributed by atoms with Crippen LogP contribution in [0.1, 0.15) is 69.4 Å². The van der Waals surface area contributed by atoms with Crippen molar-refractivity contribution in [3.8, 4) is 5.75 Å². The van der Waals surface area contributed by atoms with Crippen LogP contribution in [0.3, 0.4) is 0 Å². The van der Waals surface area contributed by atoms with E-state index in [2.05, 4.69) is 20.9 Å². The minimum Gasteiger partial charge on any atom is -0.497 e. The zero-order valence-corrected chi connectivity index (χ0v) is 23.4. The molecule has 3 amide bonds. The largest absolute Gasteiger partial charge is 0.497 e. The molecule has 40 heavy (non-hydrogen) atoms. The van der Waals surface area contributed by atoms with E-state index < -0.39 is 0 Å². The summed E-state index contributed by atoms with van der Waals surface area (Å²) in [7, 11) is 3.36. The molecular formula is C29H32N6O4S. The van der Waals surface area contributed by atoms with Crippen molar-refractivity contribution >= 4 is 51.3 Å². The van der Waals surface area contributed by atoms with Crippen LogP contribution in [0, 0.1) is 11.8 Å². The van der Waals surface area contributed by atoms with Crippen molar-refractivity contribution in [2.75, 3.05) is 36.2 Å². The lowest BCUT2D eigenvalue weighted by Gasteiger charge is -2.26. The summed E-state index contributed by atoms with van der Waals surface area (Å²) in [5.41, 5.74) is 3.44. The SMILES string of the molecule is COc1ccc2c(c1)Nc1c(ncn1[C@H]1CCc3sc(NC(=O)C4CC4)c(C(=O)NCC4CC4)c3C1)C(=O)N2C. The number of methoxy groups -OCH3 is 1. The fourth-order valence-corrected chi connectivity index (χ4v) is 6.93. The fraction of sp³-hybridized carbons (Fsp3) is 0.448. The van der Waals surface area contributed by atoms with E-state index in [1.54, 1.807) is 25.4 Å². The van der Waals surface area contributed by atoms with Gasteiger partial charge in [0.15, 0.2) is 5.69 Å².